The lowest BCUT2D eigenvalue weighted by atomic mass is 10.1. The fourth-order valence-corrected chi connectivity index (χ4v) is 2.33. The molecule has 2 atom stereocenters. The highest BCUT2D eigenvalue weighted by atomic mass is 16.3. The van der Waals surface area contributed by atoms with Gasteiger partial charge in [-0.25, -0.2) is 0 Å². The average molecular weight is 194 g/mol. The molecule has 1 saturated heterocycles. The summed E-state index contributed by atoms with van der Waals surface area (Å²) in [5, 5.41) is 0. The molecule has 0 spiro atoms. The van der Waals surface area contributed by atoms with E-state index in [1.54, 1.807) is 6.26 Å². The first-order chi connectivity index (χ1) is 6.83. The number of likely N-dealkylation sites (tertiary alicyclic amines) is 1. The van der Waals surface area contributed by atoms with E-state index in [1.807, 2.05) is 12.3 Å². The average Bonchev–Trinajstić information content (AvgIpc) is 2.87. The van der Waals surface area contributed by atoms with E-state index in [-0.39, 0.29) is 0 Å². The fraction of sp³-hybridized carbons (Fsp3) is 0.636. The van der Waals surface area contributed by atoms with Crippen molar-refractivity contribution in [3.63, 3.8) is 0 Å². The zero-order chi connectivity index (χ0) is 9.97. The first-order valence-electron chi connectivity index (χ1n) is 5.31. The smallest absolute Gasteiger partial charge is 0.0950 e. The minimum Gasteiger partial charge on any atom is -0.472 e. The van der Waals surface area contributed by atoms with Crippen LogP contribution in [0.15, 0.2) is 23.0 Å². The van der Waals surface area contributed by atoms with Crippen molar-refractivity contribution in [2.24, 2.45) is 5.73 Å². The van der Waals surface area contributed by atoms with E-state index >= 15 is 0 Å². The Hall–Kier alpha value is -0.800. The largest absolute Gasteiger partial charge is 0.472 e. The summed E-state index contributed by atoms with van der Waals surface area (Å²) in [6, 6.07) is 3.03. The van der Waals surface area contributed by atoms with E-state index in [9.17, 15) is 0 Å². The molecule has 0 radical (unpaired) electrons. The number of hydrogen-bond acceptors (Lipinski definition) is 3. The van der Waals surface area contributed by atoms with E-state index in [1.165, 1.54) is 18.4 Å². The third-order valence-electron chi connectivity index (χ3n) is 3.22. The first kappa shape index (κ1) is 9.74. The summed E-state index contributed by atoms with van der Waals surface area (Å²) in [6.45, 7) is 4.15. The second kappa shape index (κ2) is 4.15. The summed E-state index contributed by atoms with van der Waals surface area (Å²) < 4.78 is 5.11. The maximum Gasteiger partial charge on any atom is 0.0950 e. The van der Waals surface area contributed by atoms with Crippen molar-refractivity contribution < 1.29 is 4.42 Å². The van der Waals surface area contributed by atoms with E-state index in [2.05, 4.69) is 11.8 Å². The minimum absolute atomic E-state index is 0.435. The van der Waals surface area contributed by atoms with Gasteiger partial charge in [-0.05, 0) is 32.4 Å². The van der Waals surface area contributed by atoms with Crippen LogP contribution >= 0.6 is 0 Å². The maximum atomic E-state index is 5.75. The van der Waals surface area contributed by atoms with Crippen LogP contribution in [0.2, 0.25) is 0 Å². The molecule has 14 heavy (non-hydrogen) atoms. The SMILES string of the molecule is CC(c1ccoc1)N1CCCC1CN. The Morgan fingerprint density at radius 2 is 2.57 bits per heavy atom. The monoisotopic (exact) mass is 194 g/mol. The van der Waals surface area contributed by atoms with Crippen molar-refractivity contribution >= 4 is 0 Å². The van der Waals surface area contributed by atoms with Crippen LogP contribution in [0.5, 0.6) is 0 Å². The number of rotatable bonds is 3. The van der Waals surface area contributed by atoms with Crippen molar-refractivity contribution in [3.05, 3.63) is 24.2 Å². The van der Waals surface area contributed by atoms with Crippen LogP contribution in [-0.2, 0) is 0 Å². The van der Waals surface area contributed by atoms with E-state index in [4.69, 9.17) is 10.2 Å². The molecule has 2 unspecified atom stereocenters. The van der Waals surface area contributed by atoms with Gasteiger partial charge in [0.15, 0.2) is 0 Å². The zero-order valence-electron chi connectivity index (χ0n) is 8.65. The molecule has 3 heteroatoms. The molecule has 0 amide bonds. The summed E-state index contributed by atoms with van der Waals surface area (Å²) in [7, 11) is 0. The van der Waals surface area contributed by atoms with Gasteiger partial charge in [0.05, 0.1) is 12.5 Å². The van der Waals surface area contributed by atoms with Gasteiger partial charge in [0.2, 0.25) is 0 Å². The third kappa shape index (κ3) is 1.70. The van der Waals surface area contributed by atoms with Gasteiger partial charge < -0.3 is 10.2 Å². The minimum atomic E-state index is 0.435. The van der Waals surface area contributed by atoms with Crippen molar-refractivity contribution in [2.75, 3.05) is 13.1 Å². The van der Waals surface area contributed by atoms with Crippen LogP contribution in [-0.4, -0.2) is 24.0 Å². The molecular formula is C11H18N2O. The number of furan rings is 1. The first-order valence-corrected chi connectivity index (χ1v) is 5.31. The molecule has 1 aliphatic rings. The Kier molecular flexibility index (Phi) is 2.89. The third-order valence-corrected chi connectivity index (χ3v) is 3.22. The van der Waals surface area contributed by atoms with E-state index < -0.39 is 0 Å². The highest BCUT2D eigenvalue weighted by Gasteiger charge is 2.28. The van der Waals surface area contributed by atoms with Crippen LogP contribution in [0, 0.1) is 0 Å². The molecule has 2 rings (SSSR count). The molecule has 0 aliphatic carbocycles. The Morgan fingerprint density at radius 1 is 1.71 bits per heavy atom. The lowest BCUT2D eigenvalue weighted by Gasteiger charge is -2.29. The summed E-state index contributed by atoms with van der Waals surface area (Å²) in [5.41, 5.74) is 7.01. The van der Waals surface area contributed by atoms with E-state index in [0.717, 1.165) is 13.1 Å². The van der Waals surface area contributed by atoms with Gasteiger partial charge in [-0.3, -0.25) is 4.90 Å². The Morgan fingerprint density at radius 3 is 3.21 bits per heavy atom. The Labute approximate surface area is 84.9 Å². The molecular weight excluding hydrogens is 176 g/mol. The molecule has 78 valence electrons. The second-order valence-electron chi connectivity index (χ2n) is 4.00. The van der Waals surface area contributed by atoms with Crippen LogP contribution in [0.1, 0.15) is 31.4 Å². The van der Waals surface area contributed by atoms with Crippen molar-refractivity contribution in [2.45, 2.75) is 31.8 Å². The predicted molar refractivity (Wildman–Crippen MR) is 55.9 cm³/mol. The van der Waals surface area contributed by atoms with E-state index in [0.29, 0.717) is 12.1 Å². The standard InChI is InChI=1S/C11H18N2O/c1-9(10-4-6-14-8-10)13-5-2-3-11(13)7-12/h4,6,8-9,11H,2-3,5,7,12H2,1H3. The lowest BCUT2D eigenvalue weighted by Crippen LogP contribution is -2.37. The second-order valence-corrected chi connectivity index (χ2v) is 4.00. The van der Waals surface area contributed by atoms with Crippen LogP contribution < -0.4 is 5.73 Å². The van der Waals surface area contributed by atoms with Crippen LogP contribution in [0.25, 0.3) is 0 Å². The number of nitrogens with two attached hydrogens (primary N) is 1. The van der Waals surface area contributed by atoms with Gasteiger partial charge in [-0.2, -0.15) is 0 Å². The molecule has 1 fully saturated rings. The molecule has 1 aliphatic heterocycles. The van der Waals surface area contributed by atoms with Crippen molar-refractivity contribution in [3.8, 4) is 0 Å². The molecule has 0 bridgehead atoms. The number of nitrogens with zero attached hydrogens (tertiary/aromatic N) is 1. The van der Waals surface area contributed by atoms with Crippen molar-refractivity contribution in [1.29, 1.82) is 0 Å². The molecule has 0 aromatic carbocycles. The fourth-order valence-electron chi connectivity index (χ4n) is 2.33. The normalized spacial score (nSPS) is 25.4. The highest BCUT2D eigenvalue weighted by molar-refractivity contribution is 5.11. The molecule has 1 aromatic heterocycles. The number of hydrogen-bond donors (Lipinski definition) is 1. The molecule has 0 saturated carbocycles. The van der Waals surface area contributed by atoms with Crippen molar-refractivity contribution in [1.82, 2.24) is 4.90 Å². The van der Waals surface area contributed by atoms with Gasteiger partial charge in [0, 0.05) is 24.2 Å². The van der Waals surface area contributed by atoms with Gasteiger partial charge in [0.25, 0.3) is 0 Å². The van der Waals surface area contributed by atoms with Gasteiger partial charge in [-0.15, -0.1) is 0 Å². The molecule has 3 nitrogen and oxygen atoms in total. The predicted octanol–water partition coefficient (Wildman–Crippen LogP) is 1.76. The topological polar surface area (TPSA) is 42.4 Å². The maximum absolute atomic E-state index is 5.75. The van der Waals surface area contributed by atoms with Gasteiger partial charge >= 0.3 is 0 Å². The van der Waals surface area contributed by atoms with Crippen LogP contribution in [0.4, 0.5) is 0 Å². The van der Waals surface area contributed by atoms with Gasteiger partial charge in [-0.1, -0.05) is 0 Å². The Bertz CT molecular complexity index is 271. The lowest BCUT2D eigenvalue weighted by molar-refractivity contribution is 0.196. The highest BCUT2D eigenvalue weighted by Crippen LogP contribution is 2.28. The zero-order valence-corrected chi connectivity index (χ0v) is 8.65. The molecule has 2 heterocycles. The summed E-state index contributed by atoms with van der Waals surface area (Å²) in [4.78, 5) is 2.48. The molecule has 1 aromatic rings. The van der Waals surface area contributed by atoms with Crippen LogP contribution in [0.3, 0.4) is 0 Å². The van der Waals surface area contributed by atoms with Gasteiger partial charge in [0.1, 0.15) is 0 Å². The summed E-state index contributed by atoms with van der Waals surface area (Å²) >= 11 is 0. The molecule has 2 N–H and O–H groups in total. The summed E-state index contributed by atoms with van der Waals surface area (Å²) in [5.74, 6) is 0. The quantitative estimate of drug-likeness (QED) is 0.797. The summed E-state index contributed by atoms with van der Waals surface area (Å²) in [6.07, 6.45) is 6.07. The Balaban J connectivity index is 2.07.